The van der Waals surface area contributed by atoms with Crippen LogP contribution in [0, 0.1) is 0 Å². The number of methoxy groups -OCH3 is 3. The van der Waals surface area contributed by atoms with Crippen LogP contribution >= 0.6 is 0 Å². The highest BCUT2D eigenvalue weighted by Gasteiger charge is 2.17. The van der Waals surface area contributed by atoms with E-state index in [0.717, 1.165) is 0 Å². The minimum atomic E-state index is -0.250. The van der Waals surface area contributed by atoms with Gasteiger partial charge in [-0.15, -0.1) is 0 Å². The van der Waals surface area contributed by atoms with Gasteiger partial charge in [0.2, 0.25) is 11.7 Å². The SMILES string of the molecule is COc1ccc(OC)c(C(=O)c2cccc(OC)n2)c1. The summed E-state index contributed by atoms with van der Waals surface area (Å²) in [4.78, 5) is 16.6. The molecule has 0 aliphatic rings. The van der Waals surface area contributed by atoms with E-state index in [2.05, 4.69) is 4.98 Å². The highest BCUT2D eigenvalue weighted by Crippen LogP contribution is 2.26. The highest BCUT2D eigenvalue weighted by molar-refractivity contribution is 6.09. The molecule has 1 heterocycles. The molecular formula is C15H15NO4. The average Bonchev–Trinajstić information content (AvgIpc) is 2.53. The van der Waals surface area contributed by atoms with Crippen LogP contribution in [0.15, 0.2) is 36.4 Å². The van der Waals surface area contributed by atoms with Gasteiger partial charge in [0.05, 0.1) is 26.9 Å². The molecule has 0 fully saturated rings. The first-order valence-corrected chi connectivity index (χ1v) is 5.97. The standard InChI is InChI=1S/C15H15NO4/c1-18-10-7-8-13(19-2)11(9-10)15(17)12-5-4-6-14(16-12)20-3/h4-9H,1-3H3. The molecule has 0 N–H and O–H groups in total. The smallest absolute Gasteiger partial charge is 0.215 e. The molecule has 2 aromatic rings. The monoisotopic (exact) mass is 273 g/mol. The zero-order valence-electron chi connectivity index (χ0n) is 11.5. The summed E-state index contributed by atoms with van der Waals surface area (Å²) >= 11 is 0. The number of carbonyl (C=O) groups excluding carboxylic acids is 1. The lowest BCUT2D eigenvalue weighted by Gasteiger charge is -2.09. The van der Waals surface area contributed by atoms with E-state index in [-0.39, 0.29) is 11.5 Å². The Hall–Kier alpha value is -2.56. The summed E-state index contributed by atoms with van der Waals surface area (Å²) in [6.07, 6.45) is 0. The van der Waals surface area contributed by atoms with Gasteiger partial charge in [0.1, 0.15) is 17.2 Å². The third-order valence-corrected chi connectivity index (χ3v) is 2.82. The van der Waals surface area contributed by atoms with E-state index in [9.17, 15) is 4.79 Å². The second kappa shape index (κ2) is 6.06. The van der Waals surface area contributed by atoms with E-state index >= 15 is 0 Å². The Bertz CT molecular complexity index is 625. The normalized spacial score (nSPS) is 9.95. The predicted octanol–water partition coefficient (Wildman–Crippen LogP) is 2.34. The fourth-order valence-electron chi connectivity index (χ4n) is 1.78. The maximum Gasteiger partial charge on any atom is 0.215 e. The molecule has 104 valence electrons. The number of ketones is 1. The number of benzene rings is 1. The number of hydrogen-bond donors (Lipinski definition) is 0. The van der Waals surface area contributed by atoms with Gasteiger partial charge < -0.3 is 14.2 Å². The number of carbonyl (C=O) groups is 1. The van der Waals surface area contributed by atoms with Crippen molar-refractivity contribution in [1.29, 1.82) is 0 Å². The van der Waals surface area contributed by atoms with Crippen LogP contribution in [-0.4, -0.2) is 32.1 Å². The maximum atomic E-state index is 12.5. The van der Waals surface area contributed by atoms with E-state index < -0.39 is 0 Å². The largest absolute Gasteiger partial charge is 0.497 e. The molecule has 0 saturated heterocycles. The van der Waals surface area contributed by atoms with Crippen LogP contribution in [0.3, 0.4) is 0 Å². The summed E-state index contributed by atoms with van der Waals surface area (Å²) in [5.41, 5.74) is 0.684. The zero-order chi connectivity index (χ0) is 14.5. The summed E-state index contributed by atoms with van der Waals surface area (Å²) < 4.78 is 15.4. The molecule has 1 aromatic carbocycles. The minimum absolute atomic E-state index is 0.250. The van der Waals surface area contributed by atoms with Crippen molar-refractivity contribution in [3.63, 3.8) is 0 Å². The number of pyridine rings is 1. The Morgan fingerprint density at radius 3 is 2.45 bits per heavy atom. The number of ether oxygens (including phenoxy) is 3. The lowest BCUT2D eigenvalue weighted by atomic mass is 10.1. The molecule has 5 heteroatoms. The third-order valence-electron chi connectivity index (χ3n) is 2.82. The van der Waals surface area contributed by atoms with Crippen molar-refractivity contribution in [2.24, 2.45) is 0 Å². The number of nitrogens with zero attached hydrogens (tertiary/aromatic N) is 1. The van der Waals surface area contributed by atoms with Crippen LogP contribution in [0.25, 0.3) is 0 Å². The number of hydrogen-bond acceptors (Lipinski definition) is 5. The molecule has 0 amide bonds. The Kier molecular flexibility index (Phi) is 4.20. The Morgan fingerprint density at radius 2 is 1.80 bits per heavy atom. The van der Waals surface area contributed by atoms with Crippen LogP contribution in [0.1, 0.15) is 16.1 Å². The van der Waals surface area contributed by atoms with Crippen molar-refractivity contribution in [3.05, 3.63) is 47.7 Å². The first-order chi connectivity index (χ1) is 9.69. The molecular weight excluding hydrogens is 258 g/mol. The maximum absolute atomic E-state index is 12.5. The van der Waals surface area contributed by atoms with Crippen molar-refractivity contribution in [3.8, 4) is 17.4 Å². The third kappa shape index (κ3) is 2.71. The molecule has 0 atom stereocenters. The van der Waals surface area contributed by atoms with Gasteiger partial charge in [-0.1, -0.05) is 6.07 Å². The first-order valence-electron chi connectivity index (χ1n) is 5.97. The van der Waals surface area contributed by atoms with Crippen LogP contribution in [0.5, 0.6) is 17.4 Å². The van der Waals surface area contributed by atoms with Crippen molar-refractivity contribution < 1.29 is 19.0 Å². The first kappa shape index (κ1) is 13.9. The van der Waals surface area contributed by atoms with Gasteiger partial charge >= 0.3 is 0 Å². The summed E-state index contributed by atoms with van der Waals surface area (Å²) in [5, 5.41) is 0. The van der Waals surface area contributed by atoms with Crippen molar-refractivity contribution >= 4 is 5.78 Å². The van der Waals surface area contributed by atoms with Gasteiger partial charge in [-0.2, -0.15) is 0 Å². The van der Waals surface area contributed by atoms with Gasteiger partial charge in [-0.25, -0.2) is 4.98 Å². The summed E-state index contributed by atoms with van der Waals surface area (Å²) in [6.45, 7) is 0. The molecule has 0 bridgehead atoms. The molecule has 2 rings (SSSR count). The van der Waals surface area contributed by atoms with Crippen molar-refractivity contribution in [1.82, 2.24) is 4.98 Å². The van der Waals surface area contributed by atoms with E-state index in [1.54, 1.807) is 43.5 Å². The van der Waals surface area contributed by atoms with E-state index in [0.29, 0.717) is 22.9 Å². The number of aromatic nitrogens is 1. The lowest BCUT2D eigenvalue weighted by molar-refractivity contribution is 0.103. The fourth-order valence-corrected chi connectivity index (χ4v) is 1.78. The van der Waals surface area contributed by atoms with Crippen LogP contribution in [0.4, 0.5) is 0 Å². The summed E-state index contributed by atoms with van der Waals surface area (Å²) in [6, 6.07) is 10.1. The summed E-state index contributed by atoms with van der Waals surface area (Å²) in [7, 11) is 4.56. The van der Waals surface area contributed by atoms with Crippen molar-refractivity contribution in [2.45, 2.75) is 0 Å². The molecule has 5 nitrogen and oxygen atoms in total. The molecule has 0 unspecified atom stereocenters. The van der Waals surface area contributed by atoms with Gasteiger partial charge in [0.25, 0.3) is 0 Å². The van der Waals surface area contributed by atoms with Crippen LogP contribution in [-0.2, 0) is 0 Å². The van der Waals surface area contributed by atoms with Gasteiger partial charge in [0, 0.05) is 6.07 Å². The molecule has 0 aliphatic carbocycles. The minimum Gasteiger partial charge on any atom is -0.497 e. The molecule has 1 aromatic heterocycles. The van der Waals surface area contributed by atoms with Gasteiger partial charge in [-0.3, -0.25) is 4.79 Å². The van der Waals surface area contributed by atoms with Crippen LogP contribution in [0.2, 0.25) is 0 Å². The Morgan fingerprint density at radius 1 is 1.00 bits per heavy atom. The predicted molar refractivity (Wildman–Crippen MR) is 73.8 cm³/mol. The Balaban J connectivity index is 2.46. The lowest BCUT2D eigenvalue weighted by Crippen LogP contribution is -2.07. The highest BCUT2D eigenvalue weighted by atomic mass is 16.5. The summed E-state index contributed by atoms with van der Waals surface area (Å²) in [5.74, 6) is 1.19. The molecule has 0 saturated carbocycles. The van der Waals surface area contributed by atoms with Crippen LogP contribution < -0.4 is 14.2 Å². The fraction of sp³-hybridized carbons (Fsp3) is 0.200. The molecule has 0 aliphatic heterocycles. The number of rotatable bonds is 5. The Labute approximate surface area is 117 Å². The van der Waals surface area contributed by atoms with Gasteiger partial charge in [0.15, 0.2) is 0 Å². The molecule has 20 heavy (non-hydrogen) atoms. The quantitative estimate of drug-likeness (QED) is 0.783. The van der Waals surface area contributed by atoms with Crippen molar-refractivity contribution in [2.75, 3.05) is 21.3 Å². The second-order valence-electron chi connectivity index (χ2n) is 3.96. The van der Waals surface area contributed by atoms with E-state index in [1.807, 2.05) is 0 Å². The molecule has 0 spiro atoms. The molecule has 0 radical (unpaired) electrons. The van der Waals surface area contributed by atoms with Gasteiger partial charge in [-0.05, 0) is 24.3 Å². The average molecular weight is 273 g/mol. The second-order valence-corrected chi connectivity index (χ2v) is 3.96. The zero-order valence-corrected chi connectivity index (χ0v) is 11.5. The van der Waals surface area contributed by atoms with E-state index in [1.165, 1.54) is 14.2 Å². The van der Waals surface area contributed by atoms with E-state index in [4.69, 9.17) is 14.2 Å². The topological polar surface area (TPSA) is 57.7 Å².